The minimum atomic E-state index is -2.31. The fourth-order valence-corrected chi connectivity index (χ4v) is 0.987. The molecule has 2 aliphatic rings. The Morgan fingerprint density at radius 1 is 1.36 bits per heavy atom. The molecule has 0 radical (unpaired) electrons. The van der Waals surface area contributed by atoms with Gasteiger partial charge in [-0.1, -0.05) is 0 Å². The Hall–Kier alpha value is -1.04. The van der Waals surface area contributed by atoms with E-state index in [0.29, 0.717) is 0 Å². The van der Waals surface area contributed by atoms with Crippen molar-refractivity contribution in [2.45, 2.75) is 11.6 Å². The molecule has 2 rings (SSSR count). The number of carbonyl (C=O) groups excluding carboxylic acids is 2. The highest BCUT2D eigenvalue weighted by Crippen LogP contribution is 2.47. The van der Waals surface area contributed by atoms with Gasteiger partial charge in [-0.25, -0.2) is 0 Å². The van der Waals surface area contributed by atoms with Crippen molar-refractivity contribution in [1.29, 1.82) is 0 Å². The monoisotopic (exact) mass is 156 g/mol. The van der Waals surface area contributed by atoms with Crippen LogP contribution >= 0.6 is 0 Å². The topological polar surface area (TPSA) is 87.1 Å². The minimum Gasteiger partial charge on any atom is -0.358 e. The van der Waals surface area contributed by atoms with E-state index in [4.69, 9.17) is 10.2 Å². The molecule has 2 atom stereocenters. The molecular formula is C6H4O5. The second-order valence-electron chi connectivity index (χ2n) is 2.47. The molecule has 0 aromatic rings. The van der Waals surface area contributed by atoms with Gasteiger partial charge < -0.3 is 10.2 Å². The Bertz CT molecular complexity index is 293. The molecule has 0 aromatic heterocycles. The molecule has 1 aliphatic carbocycles. The first-order valence-corrected chi connectivity index (χ1v) is 2.92. The van der Waals surface area contributed by atoms with Crippen LogP contribution in [0.15, 0.2) is 12.2 Å². The summed E-state index contributed by atoms with van der Waals surface area (Å²) in [6.45, 7) is 0. The van der Waals surface area contributed by atoms with E-state index in [0.717, 1.165) is 12.2 Å². The lowest BCUT2D eigenvalue weighted by atomic mass is 10.00. The predicted molar refractivity (Wildman–Crippen MR) is 30.1 cm³/mol. The molecule has 1 fully saturated rings. The summed E-state index contributed by atoms with van der Waals surface area (Å²) in [5, 5.41) is 18.1. The predicted octanol–water partition coefficient (Wildman–Crippen LogP) is -1.90. The van der Waals surface area contributed by atoms with Crippen molar-refractivity contribution in [3.05, 3.63) is 12.2 Å². The van der Waals surface area contributed by atoms with Crippen molar-refractivity contribution in [3.63, 3.8) is 0 Å². The highest BCUT2D eigenvalue weighted by Gasteiger charge is 2.76. The Kier molecular flexibility index (Phi) is 0.862. The third kappa shape index (κ3) is 0.555. The van der Waals surface area contributed by atoms with Crippen LogP contribution in [0.25, 0.3) is 0 Å². The van der Waals surface area contributed by atoms with Gasteiger partial charge in [-0.05, 0) is 12.2 Å². The summed E-state index contributed by atoms with van der Waals surface area (Å²) in [6, 6.07) is 0. The first-order valence-electron chi connectivity index (χ1n) is 2.92. The fourth-order valence-electron chi connectivity index (χ4n) is 0.987. The van der Waals surface area contributed by atoms with Crippen molar-refractivity contribution >= 4 is 11.6 Å². The summed E-state index contributed by atoms with van der Waals surface area (Å²) < 4.78 is 4.29. The second-order valence-corrected chi connectivity index (χ2v) is 2.47. The summed E-state index contributed by atoms with van der Waals surface area (Å²) in [7, 11) is 0. The first-order chi connectivity index (χ1) is 5.00. The molecule has 1 heterocycles. The third-order valence-corrected chi connectivity index (χ3v) is 1.74. The average Bonchev–Trinajstić information content (AvgIpc) is 2.50. The number of rotatable bonds is 0. The molecule has 5 heteroatoms. The normalized spacial score (nSPS) is 47.5. The van der Waals surface area contributed by atoms with Crippen LogP contribution in [0.3, 0.4) is 0 Å². The van der Waals surface area contributed by atoms with E-state index in [-0.39, 0.29) is 0 Å². The molecule has 0 spiro atoms. The molecule has 0 aromatic carbocycles. The number of carbonyl (C=O) groups is 2. The van der Waals surface area contributed by atoms with Crippen LogP contribution < -0.4 is 0 Å². The lowest BCUT2D eigenvalue weighted by molar-refractivity contribution is -0.146. The van der Waals surface area contributed by atoms with Gasteiger partial charge in [-0.2, -0.15) is 0 Å². The Balaban J connectivity index is 2.50. The molecule has 1 aliphatic heterocycles. The maximum absolute atomic E-state index is 10.8. The zero-order chi connectivity index (χ0) is 8.28. The van der Waals surface area contributed by atoms with Gasteiger partial charge in [0.1, 0.15) is 0 Å². The number of ketones is 2. The first kappa shape index (κ1) is 6.66. The lowest BCUT2D eigenvalue weighted by Gasteiger charge is -2.07. The van der Waals surface area contributed by atoms with Gasteiger partial charge in [0.05, 0.1) is 0 Å². The number of hydrogen-bond acceptors (Lipinski definition) is 5. The molecule has 5 nitrogen and oxygen atoms in total. The van der Waals surface area contributed by atoms with E-state index in [2.05, 4.69) is 4.74 Å². The van der Waals surface area contributed by atoms with Crippen LogP contribution in [0.2, 0.25) is 0 Å². The van der Waals surface area contributed by atoms with Crippen LogP contribution in [0.5, 0.6) is 0 Å². The number of epoxide rings is 1. The standard InChI is InChI=1S/C6H4O5/c7-3-1-2-5(9)6(10,11-5)4(3)8/h1-2,9-10H. The highest BCUT2D eigenvalue weighted by atomic mass is 16.8. The summed E-state index contributed by atoms with van der Waals surface area (Å²) in [5.41, 5.74) is 0. The minimum absolute atomic E-state index is 0.866. The molecule has 1 saturated heterocycles. The maximum atomic E-state index is 10.8. The van der Waals surface area contributed by atoms with Crippen molar-refractivity contribution < 1.29 is 24.5 Å². The summed E-state index contributed by atoms with van der Waals surface area (Å²) in [5.74, 6) is -6.26. The van der Waals surface area contributed by atoms with E-state index in [9.17, 15) is 9.59 Å². The quantitative estimate of drug-likeness (QED) is 0.316. The van der Waals surface area contributed by atoms with Gasteiger partial charge in [0.15, 0.2) is 0 Å². The van der Waals surface area contributed by atoms with E-state index in [1.54, 1.807) is 0 Å². The molecule has 58 valence electrons. The van der Waals surface area contributed by atoms with E-state index in [1.165, 1.54) is 0 Å². The largest absolute Gasteiger partial charge is 0.358 e. The molecule has 2 unspecified atom stereocenters. The van der Waals surface area contributed by atoms with Gasteiger partial charge in [0.25, 0.3) is 17.4 Å². The number of hydrogen-bond donors (Lipinski definition) is 2. The van der Waals surface area contributed by atoms with E-state index < -0.39 is 23.1 Å². The van der Waals surface area contributed by atoms with Gasteiger partial charge in [-0.3, -0.25) is 14.3 Å². The maximum Gasteiger partial charge on any atom is 0.297 e. The summed E-state index contributed by atoms with van der Waals surface area (Å²) >= 11 is 0. The smallest absolute Gasteiger partial charge is 0.297 e. The SMILES string of the molecule is O=C1C=CC2(O)OC2(O)C1=O. The second kappa shape index (κ2) is 1.42. The molecule has 0 amide bonds. The Labute approximate surface area is 60.9 Å². The Morgan fingerprint density at radius 2 is 2.00 bits per heavy atom. The van der Waals surface area contributed by atoms with Gasteiger partial charge >= 0.3 is 0 Å². The van der Waals surface area contributed by atoms with Crippen LogP contribution in [0, 0.1) is 0 Å². The van der Waals surface area contributed by atoms with Gasteiger partial charge in [0, 0.05) is 0 Å². The number of fused-ring (bicyclic) bond motifs is 1. The van der Waals surface area contributed by atoms with Crippen molar-refractivity contribution in [3.8, 4) is 0 Å². The van der Waals surface area contributed by atoms with Crippen LogP contribution in [0.1, 0.15) is 0 Å². The number of allylic oxidation sites excluding steroid dienone is 1. The number of Topliss-reactive ketones (excluding diaryl/α,β-unsaturated/α-hetero) is 1. The molecule has 2 N–H and O–H groups in total. The van der Waals surface area contributed by atoms with Crippen LogP contribution in [0.4, 0.5) is 0 Å². The fraction of sp³-hybridized carbons (Fsp3) is 0.333. The van der Waals surface area contributed by atoms with E-state index in [1.807, 2.05) is 0 Å². The highest BCUT2D eigenvalue weighted by molar-refractivity contribution is 6.45. The summed E-state index contributed by atoms with van der Waals surface area (Å²) in [6.07, 6.45) is 1.83. The summed E-state index contributed by atoms with van der Waals surface area (Å²) in [4.78, 5) is 21.3. The van der Waals surface area contributed by atoms with Crippen LogP contribution in [-0.4, -0.2) is 33.4 Å². The molecule has 0 bridgehead atoms. The third-order valence-electron chi connectivity index (χ3n) is 1.74. The van der Waals surface area contributed by atoms with Crippen molar-refractivity contribution in [2.75, 3.05) is 0 Å². The molecule has 0 saturated carbocycles. The number of aliphatic hydroxyl groups is 2. The molecule has 11 heavy (non-hydrogen) atoms. The van der Waals surface area contributed by atoms with Crippen molar-refractivity contribution in [2.24, 2.45) is 0 Å². The molecular weight excluding hydrogens is 152 g/mol. The van der Waals surface area contributed by atoms with Crippen molar-refractivity contribution in [1.82, 2.24) is 0 Å². The van der Waals surface area contributed by atoms with E-state index >= 15 is 0 Å². The zero-order valence-electron chi connectivity index (χ0n) is 5.27. The van der Waals surface area contributed by atoms with Gasteiger partial charge in [0.2, 0.25) is 5.78 Å². The van der Waals surface area contributed by atoms with Crippen LogP contribution in [-0.2, 0) is 14.3 Å². The average molecular weight is 156 g/mol. The number of ether oxygens (including phenoxy) is 1. The van der Waals surface area contributed by atoms with Gasteiger partial charge in [-0.15, -0.1) is 0 Å². The lowest BCUT2D eigenvalue weighted by Crippen LogP contribution is -2.40. The zero-order valence-corrected chi connectivity index (χ0v) is 5.27. The Morgan fingerprint density at radius 3 is 2.55 bits per heavy atom.